The van der Waals surface area contributed by atoms with E-state index in [1.54, 1.807) is 18.2 Å². The summed E-state index contributed by atoms with van der Waals surface area (Å²) in [4.78, 5) is 23.3. The van der Waals surface area contributed by atoms with Gasteiger partial charge in [-0.2, -0.15) is 0 Å². The van der Waals surface area contributed by atoms with E-state index in [-0.39, 0.29) is 25.4 Å². The molecule has 1 rings (SSSR count). The summed E-state index contributed by atoms with van der Waals surface area (Å²) in [6.45, 7) is 2.67. The predicted octanol–water partition coefficient (Wildman–Crippen LogP) is 6.11. The lowest BCUT2D eigenvalue weighted by Gasteiger charge is -2.07. The maximum Gasteiger partial charge on any atom is 0.306 e. The van der Waals surface area contributed by atoms with Crippen LogP contribution in [-0.2, 0) is 25.7 Å². The van der Waals surface area contributed by atoms with E-state index in [0.29, 0.717) is 22.2 Å². The number of ether oxygens (including phenoxy) is 2. The highest BCUT2D eigenvalue weighted by molar-refractivity contribution is 6.35. The zero-order valence-corrected chi connectivity index (χ0v) is 16.9. The van der Waals surface area contributed by atoms with Gasteiger partial charge in [-0.1, -0.05) is 74.7 Å². The molecule has 6 heteroatoms. The molecule has 146 valence electrons. The van der Waals surface area contributed by atoms with Gasteiger partial charge in [-0.25, -0.2) is 0 Å². The Hall–Kier alpha value is -1.26. The van der Waals surface area contributed by atoms with Crippen LogP contribution in [0.15, 0.2) is 18.2 Å². The fraction of sp³-hybridized carbons (Fsp3) is 0.600. The summed E-state index contributed by atoms with van der Waals surface area (Å²) >= 11 is 11.8. The summed E-state index contributed by atoms with van der Waals surface area (Å²) in [5, 5.41) is 0.966. The molecular weight excluding hydrogens is 375 g/mol. The number of rotatable bonds is 13. The molecule has 0 spiro atoms. The number of hydrogen-bond donors (Lipinski definition) is 0. The van der Waals surface area contributed by atoms with Crippen molar-refractivity contribution in [3.05, 3.63) is 33.8 Å². The maximum atomic E-state index is 11.7. The zero-order valence-electron chi connectivity index (χ0n) is 15.4. The molecule has 0 aliphatic heterocycles. The minimum absolute atomic E-state index is 0.00105. The molecule has 4 nitrogen and oxygen atoms in total. The van der Waals surface area contributed by atoms with Gasteiger partial charge in [-0.15, -0.1) is 0 Å². The third-order valence-electron chi connectivity index (χ3n) is 3.95. The highest BCUT2D eigenvalue weighted by Gasteiger charge is 2.10. The van der Waals surface area contributed by atoms with Gasteiger partial charge < -0.3 is 9.47 Å². The van der Waals surface area contributed by atoms with Crippen LogP contribution in [0.4, 0.5) is 0 Å². The molecule has 0 N–H and O–H groups in total. The quantitative estimate of drug-likeness (QED) is 0.295. The summed E-state index contributed by atoms with van der Waals surface area (Å²) < 4.78 is 10.2. The van der Waals surface area contributed by atoms with Gasteiger partial charge in [0.2, 0.25) is 0 Å². The van der Waals surface area contributed by atoms with E-state index in [2.05, 4.69) is 6.92 Å². The molecule has 1 aromatic carbocycles. The SMILES string of the molecule is CCCCCCCCCOC(=O)CCC(=O)OCc1ccc(Cl)cc1Cl. The van der Waals surface area contributed by atoms with Gasteiger partial charge in [0.25, 0.3) is 0 Å². The summed E-state index contributed by atoms with van der Waals surface area (Å²) in [6, 6.07) is 4.97. The third-order valence-corrected chi connectivity index (χ3v) is 4.53. The topological polar surface area (TPSA) is 52.6 Å². The lowest BCUT2D eigenvalue weighted by atomic mass is 10.1. The molecule has 0 aliphatic carbocycles. The Bertz CT molecular complexity index is 561. The first kappa shape index (κ1) is 22.8. The van der Waals surface area contributed by atoms with Gasteiger partial charge in [0.1, 0.15) is 6.61 Å². The van der Waals surface area contributed by atoms with Crippen LogP contribution < -0.4 is 0 Å². The van der Waals surface area contributed by atoms with Gasteiger partial charge in [-0.3, -0.25) is 9.59 Å². The molecule has 0 aliphatic rings. The molecule has 1 aromatic rings. The second kappa shape index (κ2) is 13.9. The minimum Gasteiger partial charge on any atom is -0.466 e. The largest absolute Gasteiger partial charge is 0.466 e. The third kappa shape index (κ3) is 10.7. The Balaban J connectivity index is 2.06. The van der Waals surface area contributed by atoms with E-state index < -0.39 is 5.97 Å². The Labute approximate surface area is 166 Å². The van der Waals surface area contributed by atoms with Crippen LogP contribution in [0.25, 0.3) is 0 Å². The van der Waals surface area contributed by atoms with Crippen molar-refractivity contribution >= 4 is 35.1 Å². The standard InChI is InChI=1S/C20H28Cl2O4/c1-2-3-4-5-6-7-8-13-25-19(23)11-12-20(24)26-15-16-9-10-17(21)14-18(16)22/h9-10,14H,2-8,11-13,15H2,1H3. The molecule has 0 aromatic heterocycles. The van der Waals surface area contributed by atoms with Crippen molar-refractivity contribution in [1.82, 2.24) is 0 Å². The maximum absolute atomic E-state index is 11.7. The van der Waals surface area contributed by atoms with Crippen molar-refractivity contribution in [2.45, 2.75) is 71.3 Å². The van der Waals surface area contributed by atoms with Gasteiger partial charge in [-0.05, 0) is 18.6 Å². The molecule has 0 bridgehead atoms. The molecule has 0 saturated heterocycles. The zero-order chi connectivity index (χ0) is 19.2. The number of unbranched alkanes of at least 4 members (excludes halogenated alkanes) is 6. The van der Waals surface area contributed by atoms with Crippen LogP contribution in [0.2, 0.25) is 10.0 Å². The number of halogens is 2. The second-order valence-corrected chi connectivity index (χ2v) is 7.08. The number of esters is 2. The molecule has 0 atom stereocenters. The van der Waals surface area contributed by atoms with Gasteiger partial charge in [0, 0.05) is 15.6 Å². The monoisotopic (exact) mass is 402 g/mol. The Kier molecular flexibility index (Phi) is 12.2. The minimum atomic E-state index is -0.455. The number of hydrogen-bond acceptors (Lipinski definition) is 4. The number of carbonyl (C=O) groups is 2. The fourth-order valence-electron chi connectivity index (χ4n) is 2.39. The molecule has 0 unspecified atom stereocenters. The Morgan fingerprint density at radius 3 is 2.15 bits per heavy atom. The van der Waals surface area contributed by atoms with E-state index in [1.807, 2.05) is 0 Å². The smallest absolute Gasteiger partial charge is 0.306 e. The molecule has 0 saturated carbocycles. The average Bonchev–Trinajstić information content (AvgIpc) is 2.61. The first-order valence-electron chi connectivity index (χ1n) is 9.28. The molecule has 0 radical (unpaired) electrons. The Morgan fingerprint density at radius 1 is 0.885 bits per heavy atom. The van der Waals surface area contributed by atoms with Crippen molar-refractivity contribution in [3.63, 3.8) is 0 Å². The highest BCUT2D eigenvalue weighted by Crippen LogP contribution is 2.21. The van der Waals surface area contributed by atoms with Gasteiger partial charge >= 0.3 is 11.9 Å². The van der Waals surface area contributed by atoms with Crippen molar-refractivity contribution in [3.8, 4) is 0 Å². The van der Waals surface area contributed by atoms with E-state index >= 15 is 0 Å². The fourth-order valence-corrected chi connectivity index (χ4v) is 2.85. The normalized spacial score (nSPS) is 10.6. The predicted molar refractivity (Wildman–Crippen MR) is 104 cm³/mol. The van der Waals surface area contributed by atoms with Crippen molar-refractivity contribution in [2.75, 3.05) is 6.61 Å². The molecule has 0 heterocycles. The van der Waals surface area contributed by atoms with E-state index in [4.69, 9.17) is 32.7 Å². The van der Waals surface area contributed by atoms with Crippen LogP contribution >= 0.6 is 23.2 Å². The Morgan fingerprint density at radius 2 is 1.50 bits per heavy atom. The number of carbonyl (C=O) groups excluding carboxylic acids is 2. The lowest BCUT2D eigenvalue weighted by Crippen LogP contribution is -2.11. The van der Waals surface area contributed by atoms with Gasteiger partial charge in [0.05, 0.1) is 19.4 Å². The summed E-state index contributed by atoms with van der Waals surface area (Å²) in [5.41, 5.74) is 0.672. The van der Waals surface area contributed by atoms with Crippen molar-refractivity contribution in [2.24, 2.45) is 0 Å². The van der Waals surface area contributed by atoms with Gasteiger partial charge in [0.15, 0.2) is 0 Å². The highest BCUT2D eigenvalue weighted by atomic mass is 35.5. The molecular formula is C20H28Cl2O4. The van der Waals surface area contributed by atoms with Crippen molar-refractivity contribution < 1.29 is 19.1 Å². The average molecular weight is 403 g/mol. The summed E-state index contributed by atoms with van der Waals surface area (Å²) in [6.07, 6.45) is 8.20. The van der Waals surface area contributed by atoms with E-state index in [0.717, 1.165) is 12.8 Å². The first-order chi connectivity index (χ1) is 12.5. The van der Waals surface area contributed by atoms with E-state index in [9.17, 15) is 9.59 Å². The van der Waals surface area contributed by atoms with Crippen LogP contribution in [0, 0.1) is 0 Å². The van der Waals surface area contributed by atoms with Crippen LogP contribution in [-0.4, -0.2) is 18.5 Å². The second-order valence-electron chi connectivity index (χ2n) is 6.24. The van der Waals surface area contributed by atoms with E-state index in [1.165, 1.54) is 32.1 Å². The lowest BCUT2D eigenvalue weighted by molar-refractivity contribution is -0.151. The molecule has 0 fully saturated rings. The first-order valence-corrected chi connectivity index (χ1v) is 10.0. The van der Waals surface area contributed by atoms with Crippen LogP contribution in [0.5, 0.6) is 0 Å². The van der Waals surface area contributed by atoms with Crippen LogP contribution in [0.3, 0.4) is 0 Å². The van der Waals surface area contributed by atoms with Crippen molar-refractivity contribution in [1.29, 1.82) is 0 Å². The molecule has 0 amide bonds. The summed E-state index contributed by atoms with van der Waals surface area (Å²) in [7, 11) is 0. The summed E-state index contributed by atoms with van der Waals surface area (Å²) in [5.74, 6) is -0.818. The molecule has 26 heavy (non-hydrogen) atoms. The number of benzene rings is 1. The van der Waals surface area contributed by atoms with Crippen LogP contribution in [0.1, 0.15) is 70.3 Å².